The van der Waals surface area contributed by atoms with Gasteiger partial charge < -0.3 is 15.2 Å². The molecule has 0 aliphatic carbocycles. The smallest absolute Gasteiger partial charge is 0.399 e. The Hall–Kier alpha value is -9.68. The molecule has 0 unspecified atom stereocenters. The van der Waals surface area contributed by atoms with Crippen LogP contribution in [0.15, 0.2) is 326 Å². The highest BCUT2D eigenvalue weighted by molar-refractivity contribution is 9.10. The molecule has 0 fully saturated rings. The van der Waals surface area contributed by atoms with Crippen LogP contribution in [0, 0.1) is 0 Å². The molecule has 0 saturated carbocycles. The van der Waals surface area contributed by atoms with Crippen LogP contribution in [0.4, 0.5) is 30.2 Å². The monoisotopic (exact) mass is 1270 g/mol. The van der Waals surface area contributed by atoms with Gasteiger partial charge >= 0.3 is 15.6 Å². The molecule has 13 rings (SSSR count). The standard InChI is InChI=1S/C30H23N.C18H15N.C15H9F3O3S.C12H9Br.CH4.B5/c1-3-7-23(8-4-1)25-11-13-26(14-12-25)28-17-21-30(22-18-28)31-29-19-15-27(16-20-29)24-9-5-2-6-10-24;19-18-12-10-17(11-13-18)16-8-6-15(7-9-16)14-4-2-1-3-5-14;16-15(17,18)22(19,20)21-13-7-3-5-11-9-8-10-4-1-2-6-12(10)14(11)13;13-12-8-6-11(7-9-12)10-4-2-1-3-5-10;;1-4-5(2)3/h1-22,31H;1-13H,19H2;1-9H;1-9H;1H4;. The molecule has 5 nitrogen and oxygen atoms in total. The normalized spacial score (nSPS) is 10.6. The van der Waals surface area contributed by atoms with E-state index in [0.717, 1.165) is 26.9 Å². The SMILES string of the molecule is Brc1ccc(-c2ccccc2)cc1.C.Nc1ccc(-c2ccc(-c3ccccc3)cc2)cc1.O=S(=O)(Oc1cccc2ccc3ccccc3c12)C(F)(F)F.[B][B]B([B])[B].c1ccc(-c2ccc(Nc3ccc(-c4ccc(-c5ccccc5)cc4)cc3)cc2)cc1. The predicted octanol–water partition coefficient (Wildman–Crippen LogP) is 20.1. The Bertz CT molecular complexity index is 4450. The van der Waals surface area contributed by atoms with E-state index < -0.39 is 22.0 Å². The number of nitrogen functional groups attached to an aromatic ring is 1. The first kappa shape index (κ1) is 67.3. The molecule has 0 aromatic heterocycles. The molecule has 15 heteroatoms. The second kappa shape index (κ2) is 32.7. The molecule has 13 aromatic carbocycles. The molecule has 0 aliphatic rings. The number of nitrogens with two attached hydrogens (primary N) is 1. The van der Waals surface area contributed by atoms with E-state index in [2.05, 4.69) is 244 Å². The van der Waals surface area contributed by atoms with E-state index in [4.69, 9.17) is 28.9 Å². The lowest BCUT2D eigenvalue weighted by Gasteiger charge is -2.12. The van der Waals surface area contributed by atoms with Gasteiger partial charge in [0.05, 0.1) is 0 Å². The van der Waals surface area contributed by atoms with Crippen molar-refractivity contribution < 1.29 is 25.8 Å². The molecule has 0 bridgehead atoms. The summed E-state index contributed by atoms with van der Waals surface area (Å²) in [6.45, 7) is 0. The van der Waals surface area contributed by atoms with Crippen molar-refractivity contribution in [3.05, 3.63) is 326 Å². The molecule has 3 N–H and O–H groups in total. The van der Waals surface area contributed by atoms with Crippen LogP contribution in [0.5, 0.6) is 5.75 Å². The third-order valence-corrected chi connectivity index (χ3v) is 15.6. The van der Waals surface area contributed by atoms with E-state index in [9.17, 15) is 21.6 Å². The molecule has 0 heterocycles. The number of hydrogen-bond acceptors (Lipinski definition) is 5. The van der Waals surface area contributed by atoms with E-state index in [1.807, 2.05) is 48.5 Å². The Kier molecular flexibility index (Phi) is 24.2. The first-order valence-corrected chi connectivity index (χ1v) is 30.8. The quantitative estimate of drug-likeness (QED) is 0.0443. The van der Waals surface area contributed by atoms with Gasteiger partial charge in [0, 0.05) is 63.6 Å². The highest BCUT2D eigenvalue weighted by atomic mass is 79.9. The van der Waals surface area contributed by atoms with Gasteiger partial charge in [0.15, 0.2) is 5.75 Å². The second-order valence-corrected chi connectivity index (χ2v) is 22.9. The van der Waals surface area contributed by atoms with Gasteiger partial charge in [0.2, 0.25) is 0 Å². The fraction of sp³-hybridized carbons (Fsp3) is 0.0263. The number of anilines is 3. The van der Waals surface area contributed by atoms with Crippen LogP contribution >= 0.6 is 15.9 Å². The van der Waals surface area contributed by atoms with Crippen LogP contribution in [0.25, 0.3) is 88.3 Å². The lowest BCUT2D eigenvalue weighted by atomic mass is 8.97. The Balaban J connectivity index is 0.000000158. The predicted molar refractivity (Wildman–Crippen MR) is 386 cm³/mol. The first-order chi connectivity index (χ1) is 43.6. The molecule has 7 radical (unpaired) electrons. The first-order valence-electron chi connectivity index (χ1n) is 28.6. The number of benzene rings is 13. The summed E-state index contributed by atoms with van der Waals surface area (Å²) >= 11 is 3.42. The molecule has 0 amide bonds. The summed E-state index contributed by atoms with van der Waals surface area (Å²) < 4.78 is 65.5. The molecule has 441 valence electrons. The van der Waals surface area contributed by atoms with Crippen LogP contribution in [-0.4, -0.2) is 50.6 Å². The van der Waals surface area contributed by atoms with Crippen molar-refractivity contribution in [3.63, 3.8) is 0 Å². The van der Waals surface area contributed by atoms with Crippen LogP contribution < -0.4 is 15.2 Å². The summed E-state index contributed by atoms with van der Waals surface area (Å²) in [6.07, 6.45) is -0.463. The number of nitrogens with one attached hydrogen (secondary N) is 1. The number of rotatable bonds is 11. The van der Waals surface area contributed by atoms with Crippen molar-refractivity contribution in [1.29, 1.82) is 0 Å². The van der Waals surface area contributed by atoms with Crippen LogP contribution in [0.2, 0.25) is 0 Å². The minimum atomic E-state index is -5.71. The van der Waals surface area contributed by atoms with Crippen molar-refractivity contribution >= 4 is 101 Å². The van der Waals surface area contributed by atoms with E-state index in [-0.39, 0.29) is 13.2 Å². The van der Waals surface area contributed by atoms with Gasteiger partial charge in [-0.25, -0.2) is 0 Å². The summed E-state index contributed by atoms with van der Waals surface area (Å²) in [5.41, 5.74) is 17.9. The van der Waals surface area contributed by atoms with Gasteiger partial charge in [0.25, 0.3) is 0 Å². The third kappa shape index (κ3) is 19.2. The Morgan fingerprint density at radius 2 is 0.681 bits per heavy atom. The van der Waals surface area contributed by atoms with Gasteiger partial charge in [-0.3, -0.25) is 0 Å². The highest BCUT2D eigenvalue weighted by Gasteiger charge is 2.48. The lowest BCUT2D eigenvalue weighted by Crippen LogP contribution is -2.28. The Labute approximate surface area is 546 Å². The zero-order chi connectivity index (χ0) is 63.3. The number of fused-ring (bicyclic) bond motifs is 3. The number of alkyl halides is 3. The maximum absolute atomic E-state index is 12.5. The average molecular weight is 1270 g/mol. The Morgan fingerprint density at radius 1 is 0.396 bits per heavy atom. The average Bonchev–Trinajstić information content (AvgIpc) is 0.949. The summed E-state index contributed by atoms with van der Waals surface area (Å²) in [5, 5.41) is 5.80. The molecule has 0 spiro atoms. The minimum absolute atomic E-state index is 0. The van der Waals surface area contributed by atoms with E-state index in [1.54, 1.807) is 42.5 Å². The molecule has 13 aromatic rings. The molecule has 91 heavy (non-hydrogen) atoms. The summed E-state index contributed by atoms with van der Waals surface area (Å²) in [5.74, 6) is -0.341. The van der Waals surface area contributed by atoms with Crippen LogP contribution in [0.3, 0.4) is 0 Å². The van der Waals surface area contributed by atoms with Crippen molar-refractivity contribution in [1.82, 2.24) is 0 Å². The molecular weight excluding hydrogens is 1210 g/mol. The molecule has 0 saturated heterocycles. The zero-order valence-electron chi connectivity index (χ0n) is 48.7. The molecular formula is C76H60B5BrF3N2O3S. The van der Waals surface area contributed by atoms with Gasteiger partial charge in [0.1, 0.15) is 0 Å². The topological polar surface area (TPSA) is 81.4 Å². The van der Waals surface area contributed by atoms with Crippen molar-refractivity contribution in [2.24, 2.45) is 0 Å². The highest BCUT2D eigenvalue weighted by Crippen LogP contribution is 2.37. The number of halogens is 4. The van der Waals surface area contributed by atoms with Gasteiger partial charge in [-0.05, 0) is 138 Å². The Morgan fingerprint density at radius 3 is 1.03 bits per heavy atom. The fourth-order valence-corrected chi connectivity index (χ4v) is 10.2. The lowest BCUT2D eigenvalue weighted by molar-refractivity contribution is -0.0499. The van der Waals surface area contributed by atoms with Crippen molar-refractivity contribution in [2.75, 3.05) is 11.1 Å². The van der Waals surface area contributed by atoms with E-state index >= 15 is 0 Å². The summed E-state index contributed by atoms with van der Waals surface area (Å²) in [6, 6.07) is 107. The molecule has 0 aliphatic heterocycles. The van der Waals surface area contributed by atoms with Crippen molar-refractivity contribution in [3.8, 4) is 72.5 Å². The van der Waals surface area contributed by atoms with Crippen LogP contribution in [-0.2, 0) is 10.1 Å². The molecule has 0 atom stereocenters. The summed E-state index contributed by atoms with van der Waals surface area (Å²) in [4.78, 5) is 0. The van der Waals surface area contributed by atoms with E-state index in [0.29, 0.717) is 16.2 Å². The maximum Gasteiger partial charge on any atom is 0.534 e. The largest absolute Gasteiger partial charge is 0.534 e. The van der Waals surface area contributed by atoms with Gasteiger partial charge in [-0.1, -0.05) is 290 Å². The second-order valence-electron chi connectivity index (χ2n) is 20.4. The van der Waals surface area contributed by atoms with Crippen molar-refractivity contribution in [2.45, 2.75) is 12.9 Å². The summed E-state index contributed by atoms with van der Waals surface area (Å²) in [7, 11) is 10.1. The number of hydrogen-bond donors (Lipinski definition) is 2. The van der Waals surface area contributed by atoms with Crippen LogP contribution in [0.1, 0.15) is 7.43 Å². The van der Waals surface area contributed by atoms with Gasteiger partial charge in [-0.2, -0.15) is 21.6 Å². The maximum atomic E-state index is 12.5. The zero-order valence-corrected chi connectivity index (χ0v) is 51.1. The van der Waals surface area contributed by atoms with E-state index in [1.165, 1.54) is 86.0 Å². The van der Waals surface area contributed by atoms with Gasteiger partial charge in [-0.15, -0.1) is 0 Å². The minimum Gasteiger partial charge on any atom is -0.399 e. The fourth-order valence-electron chi connectivity index (χ4n) is 9.47. The third-order valence-electron chi connectivity index (χ3n) is 14.1.